The van der Waals surface area contributed by atoms with E-state index in [0.29, 0.717) is 12.5 Å². The highest BCUT2D eigenvalue weighted by molar-refractivity contribution is 5.81. The van der Waals surface area contributed by atoms with Gasteiger partial charge >= 0.3 is 5.69 Å². The molecule has 2 N–H and O–H groups in total. The molecule has 1 aliphatic rings. The number of benzene rings is 2. The lowest BCUT2D eigenvalue weighted by Gasteiger charge is -2.31. The van der Waals surface area contributed by atoms with E-state index in [9.17, 15) is 14.7 Å². The second-order valence-electron chi connectivity index (χ2n) is 8.60. The molecular weight excluding hydrogens is 416 g/mol. The molecule has 0 bridgehead atoms. The van der Waals surface area contributed by atoms with Gasteiger partial charge in [-0.25, -0.2) is 4.79 Å². The number of H-pyrrole nitrogens is 1. The summed E-state index contributed by atoms with van der Waals surface area (Å²) in [6.07, 6.45) is 4.60. The van der Waals surface area contributed by atoms with Gasteiger partial charge in [0.15, 0.2) is 0 Å². The van der Waals surface area contributed by atoms with Crippen LogP contribution in [0.4, 0.5) is 0 Å². The number of nitrogens with zero attached hydrogens (tertiary/aromatic N) is 3. The predicted molar refractivity (Wildman–Crippen MR) is 130 cm³/mol. The highest BCUT2D eigenvalue weighted by Crippen LogP contribution is 2.22. The van der Waals surface area contributed by atoms with Gasteiger partial charge in [-0.2, -0.15) is 0 Å². The number of aromatic nitrogens is 2. The van der Waals surface area contributed by atoms with Gasteiger partial charge in [0, 0.05) is 19.3 Å². The Balaban J connectivity index is 1.31. The SMILES string of the molecule is O=c1[nH]c(=O)n(Cc2ccccc2)c(O)c1C=NCCC1CCN(Cc2ccccc2)CC1. The maximum absolute atomic E-state index is 12.2. The first kappa shape index (κ1) is 22.7. The number of aromatic hydroxyl groups is 1. The molecule has 7 heteroatoms. The van der Waals surface area contributed by atoms with E-state index >= 15 is 0 Å². The maximum Gasteiger partial charge on any atom is 0.331 e. The molecule has 0 amide bonds. The Morgan fingerprint density at radius 1 is 0.939 bits per heavy atom. The Hall–Kier alpha value is -3.45. The molecule has 0 atom stereocenters. The lowest BCUT2D eigenvalue weighted by molar-refractivity contribution is 0.173. The number of likely N-dealkylation sites (tertiary alicyclic amines) is 1. The van der Waals surface area contributed by atoms with Crippen molar-refractivity contribution in [3.63, 3.8) is 0 Å². The van der Waals surface area contributed by atoms with Crippen molar-refractivity contribution < 1.29 is 5.11 Å². The van der Waals surface area contributed by atoms with Crippen LogP contribution in [0, 0.1) is 5.92 Å². The molecule has 172 valence electrons. The molecule has 1 saturated heterocycles. The molecule has 1 aliphatic heterocycles. The summed E-state index contributed by atoms with van der Waals surface area (Å²) < 4.78 is 1.15. The van der Waals surface area contributed by atoms with Crippen LogP contribution in [0.25, 0.3) is 0 Å². The summed E-state index contributed by atoms with van der Waals surface area (Å²) in [7, 11) is 0. The van der Waals surface area contributed by atoms with Gasteiger partial charge in [-0.15, -0.1) is 0 Å². The Morgan fingerprint density at radius 2 is 1.55 bits per heavy atom. The topological polar surface area (TPSA) is 90.7 Å². The first-order valence-corrected chi connectivity index (χ1v) is 11.5. The summed E-state index contributed by atoms with van der Waals surface area (Å²) >= 11 is 0. The van der Waals surface area contributed by atoms with Crippen molar-refractivity contribution in [2.24, 2.45) is 10.9 Å². The third-order valence-electron chi connectivity index (χ3n) is 6.23. The van der Waals surface area contributed by atoms with E-state index in [4.69, 9.17) is 0 Å². The molecule has 0 saturated carbocycles. The molecule has 0 unspecified atom stereocenters. The molecular formula is C26H30N4O3. The van der Waals surface area contributed by atoms with Crippen LogP contribution >= 0.6 is 0 Å². The first-order chi connectivity index (χ1) is 16.1. The summed E-state index contributed by atoms with van der Waals surface area (Å²) in [6.45, 7) is 3.90. The highest BCUT2D eigenvalue weighted by atomic mass is 16.3. The number of hydrogen-bond donors (Lipinski definition) is 2. The van der Waals surface area contributed by atoms with E-state index in [1.54, 1.807) is 0 Å². The molecule has 2 heterocycles. The Bertz CT molecular complexity index is 1180. The summed E-state index contributed by atoms with van der Waals surface area (Å²) in [6, 6.07) is 19.8. The van der Waals surface area contributed by atoms with Gasteiger partial charge in [0.1, 0.15) is 5.56 Å². The van der Waals surface area contributed by atoms with Crippen LogP contribution in [0.2, 0.25) is 0 Å². The number of aromatic amines is 1. The molecule has 1 fully saturated rings. The smallest absolute Gasteiger partial charge is 0.331 e. The zero-order valence-corrected chi connectivity index (χ0v) is 18.7. The second kappa shape index (κ2) is 10.9. The number of hydrogen-bond acceptors (Lipinski definition) is 5. The third kappa shape index (κ3) is 6.08. The van der Waals surface area contributed by atoms with Gasteiger partial charge in [-0.05, 0) is 49.4 Å². The highest BCUT2D eigenvalue weighted by Gasteiger charge is 2.19. The van der Waals surface area contributed by atoms with E-state index in [1.807, 2.05) is 36.4 Å². The average molecular weight is 447 g/mol. The number of piperidine rings is 1. The van der Waals surface area contributed by atoms with E-state index in [-0.39, 0.29) is 18.0 Å². The monoisotopic (exact) mass is 446 g/mol. The largest absolute Gasteiger partial charge is 0.494 e. The van der Waals surface area contributed by atoms with Crippen LogP contribution in [-0.4, -0.2) is 45.4 Å². The molecule has 0 radical (unpaired) electrons. The third-order valence-corrected chi connectivity index (χ3v) is 6.23. The summed E-state index contributed by atoms with van der Waals surface area (Å²) in [5.41, 5.74) is 0.950. The summed E-state index contributed by atoms with van der Waals surface area (Å²) in [5, 5.41) is 10.6. The number of nitrogens with one attached hydrogen (secondary N) is 1. The summed E-state index contributed by atoms with van der Waals surface area (Å²) in [5.74, 6) is 0.249. The van der Waals surface area contributed by atoms with Crippen molar-refractivity contribution in [3.8, 4) is 5.88 Å². The van der Waals surface area contributed by atoms with Crippen molar-refractivity contribution >= 4 is 6.21 Å². The van der Waals surface area contributed by atoms with E-state index < -0.39 is 11.2 Å². The van der Waals surface area contributed by atoms with Gasteiger partial charge < -0.3 is 5.11 Å². The first-order valence-electron chi connectivity index (χ1n) is 11.5. The van der Waals surface area contributed by atoms with Gasteiger partial charge in [0.25, 0.3) is 5.56 Å². The molecule has 0 spiro atoms. The van der Waals surface area contributed by atoms with Crippen LogP contribution in [0.3, 0.4) is 0 Å². The molecule has 0 aliphatic carbocycles. The minimum Gasteiger partial charge on any atom is -0.494 e. The maximum atomic E-state index is 12.2. The molecule has 4 rings (SSSR count). The van der Waals surface area contributed by atoms with Crippen LogP contribution in [0.15, 0.2) is 75.2 Å². The molecule has 2 aromatic carbocycles. The van der Waals surface area contributed by atoms with Gasteiger partial charge in [0.05, 0.1) is 6.54 Å². The van der Waals surface area contributed by atoms with Gasteiger partial charge in [0.2, 0.25) is 5.88 Å². The lowest BCUT2D eigenvalue weighted by Crippen LogP contribution is -2.33. The number of aliphatic imine (C=N–C) groups is 1. The average Bonchev–Trinajstić information content (AvgIpc) is 2.83. The Morgan fingerprint density at radius 3 is 2.18 bits per heavy atom. The fraction of sp³-hybridized carbons (Fsp3) is 0.346. The van der Waals surface area contributed by atoms with Crippen molar-refractivity contribution in [1.29, 1.82) is 0 Å². The zero-order chi connectivity index (χ0) is 23.0. The second-order valence-corrected chi connectivity index (χ2v) is 8.60. The minimum atomic E-state index is -0.638. The lowest BCUT2D eigenvalue weighted by atomic mass is 9.93. The van der Waals surface area contributed by atoms with Crippen molar-refractivity contribution in [3.05, 3.63) is 98.2 Å². The fourth-order valence-electron chi connectivity index (χ4n) is 4.29. The Labute approximate surface area is 193 Å². The van der Waals surface area contributed by atoms with Gasteiger partial charge in [-0.1, -0.05) is 60.7 Å². The van der Waals surface area contributed by atoms with Crippen molar-refractivity contribution in [1.82, 2.24) is 14.5 Å². The standard InChI is InChI=1S/C26H30N4O3/c31-24-23(25(32)30(26(33)28-24)19-22-9-5-2-6-10-22)17-27-14-11-20-12-15-29(16-13-20)18-21-7-3-1-4-8-21/h1-10,17,20,32H,11-16,18-19H2,(H,28,31,33). The fourth-order valence-corrected chi connectivity index (χ4v) is 4.29. The minimum absolute atomic E-state index is 0.0169. The molecule has 7 nitrogen and oxygen atoms in total. The van der Waals surface area contributed by atoms with Crippen molar-refractivity contribution in [2.45, 2.75) is 32.4 Å². The van der Waals surface area contributed by atoms with Crippen molar-refractivity contribution in [2.75, 3.05) is 19.6 Å². The Kier molecular flexibility index (Phi) is 7.52. The molecule has 3 aromatic rings. The quantitative estimate of drug-likeness (QED) is 0.521. The van der Waals surface area contributed by atoms with Gasteiger partial charge in [-0.3, -0.25) is 24.2 Å². The van der Waals surface area contributed by atoms with E-state index in [1.165, 1.54) is 11.8 Å². The van der Waals surface area contributed by atoms with Crippen LogP contribution in [-0.2, 0) is 13.1 Å². The molecule has 33 heavy (non-hydrogen) atoms. The number of rotatable bonds is 8. The van der Waals surface area contributed by atoms with Crippen LogP contribution < -0.4 is 11.2 Å². The zero-order valence-electron chi connectivity index (χ0n) is 18.7. The van der Waals surface area contributed by atoms with Crippen LogP contribution in [0.5, 0.6) is 5.88 Å². The predicted octanol–water partition coefficient (Wildman–Crippen LogP) is 3.01. The summed E-state index contributed by atoms with van der Waals surface area (Å²) in [4.78, 5) is 33.6. The molecule has 1 aromatic heterocycles. The van der Waals surface area contributed by atoms with Crippen LogP contribution in [0.1, 0.15) is 36.0 Å². The van der Waals surface area contributed by atoms with E-state index in [2.05, 4.69) is 39.1 Å². The normalized spacial score (nSPS) is 15.3. The van der Waals surface area contributed by atoms with E-state index in [0.717, 1.165) is 49.0 Å².